The molecule has 0 radical (unpaired) electrons. The van der Waals surface area contributed by atoms with Gasteiger partial charge < -0.3 is 19.5 Å². The van der Waals surface area contributed by atoms with E-state index in [0.717, 1.165) is 35.0 Å². The minimum Gasteiger partial charge on any atom is -0.493 e. The van der Waals surface area contributed by atoms with Crippen LogP contribution < -0.4 is 14.8 Å². The third kappa shape index (κ3) is 19.1. The Hall–Kier alpha value is -2.12. The number of aryl methyl sites for hydroxylation is 1. The van der Waals surface area contributed by atoms with E-state index >= 15 is 0 Å². The molecule has 6 nitrogen and oxygen atoms in total. The van der Waals surface area contributed by atoms with Crippen LogP contribution >= 0.6 is 0 Å². The predicted octanol–water partition coefficient (Wildman–Crippen LogP) is 7.65. The summed E-state index contributed by atoms with van der Waals surface area (Å²) in [7, 11) is 5.73. The predicted molar refractivity (Wildman–Crippen MR) is 162 cm³/mol. The van der Waals surface area contributed by atoms with Crippen LogP contribution in [0.3, 0.4) is 0 Å². The standard InChI is InChI=1S/C16H24N2O2.C7H14OS.C2H6O.2C2H6/c1-7-15(17-8-2)18-12(4)13-9-11(3)16(20-6)14(10-13)19-5;1-5-6-9(8)7(2,3)4;1-3-2;2*1-2/h7,9-10,12H,1,8H2,2-6H3,(H,17,18);5-6H,1-4H3;1-2H3;2*1-2H3/b;6-5+;;;. The van der Waals surface area contributed by atoms with Crippen molar-refractivity contribution in [2.45, 2.75) is 86.9 Å². The number of nitrogens with one attached hydrogen (secondary N) is 1. The molecule has 0 fully saturated rings. The lowest BCUT2D eigenvalue weighted by atomic mass is 10.0. The molecule has 0 bridgehead atoms. The fraction of sp³-hybridized carbons (Fsp3) is 0.621. The van der Waals surface area contributed by atoms with Crippen molar-refractivity contribution >= 4 is 16.6 Å². The summed E-state index contributed by atoms with van der Waals surface area (Å²) in [6, 6.07) is 4.18. The molecule has 0 aliphatic rings. The Morgan fingerprint density at radius 2 is 1.61 bits per heavy atom. The Morgan fingerprint density at radius 3 is 1.92 bits per heavy atom. The first-order valence-electron chi connectivity index (χ1n) is 12.6. The molecule has 1 rings (SSSR count). The summed E-state index contributed by atoms with van der Waals surface area (Å²) in [4.78, 5) is 4.34. The number of hydrogen-bond acceptors (Lipinski definition) is 5. The van der Waals surface area contributed by atoms with Crippen LogP contribution in [0.25, 0.3) is 0 Å². The van der Waals surface area contributed by atoms with Gasteiger partial charge in [-0.05, 0) is 77.1 Å². The lowest BCUT2D eigenvalue weighted by molar-refractivity contribution is 0.277. The van der Waals surface area contributed by atoms with E-state index in [1.165, 1.54) is 0 Å². The van der Waals surface area contributed by atoms with E-state index in [-0.39, 0.29) is 10.8 Å². The summed E-state index contributed by atoms with van der Waals surface area (Å²) in [6.45, 7) is 26.3. The Balaban J connectivity index is -0.000000267. The molecule has 2 atom stereocenters. The van der Waals surface area contributed by atoms with Gasteiger partial charge in [-0.3, -0.25) is 9.20 Å². The molecule has 0 spiro atoms. The number of rotatable bonds is 7. The van der Waals surface area contributed by atoms with Crippen molar-refractivity contribution in [1.82, 2.24) is 5.32 Å². The second kappa shape index (κ2) is 26.0. The zero-order valence-corrected chi connectivity index (χ0v) is 26.7. The molecule has 0 saturated carbocycles. The fourth-order valence-corrected chi connectivity index (χ4v) is 3.06. The number of allylic oxidation sites excluding steroid dienone is 1. The molecule has 212 valence electrons. The quantitative estimate of drug-likeness (QED) is 0.291. The van der Waals surface area contributed by atoms with E-state index in [2.05, 4.69) is 34.6 Å². The molecule has 1 N–H and O–H groups in total. The third-order valence-corrected chi connectivity index (χ3v) is 5.66. The highest BCUT2D eigenvalue weighted by atomic mass is 32.2. The van der Waals surface area contributed by atoms with Gasteiger partial charge in [0.25, 0.3) is 0 Å². The lowest BCUT2D eigenvalue weighted by Crippen LogP contribution is -2.25. The second-order valence-corrected chi connectivity index (χ2v) is 9.88. The van der Waals surface area contributed by atoms with Crippen molar-refractivity contribution in [2.75, 3.05) is 35.0 Å². The molecule has 2 unspecified atom stereocenters. The average molecular weight is 529 g/mol. The molecular formula is C29H56N2O4S. The van der Waals surface area contributed by atoms with E-state index in [4.69, 9.17) is 9.47 Å². The van der Waals surface area contributed by atoms with E-state index in [0.29, 0.717) is 0 Å². The molecule has 0 aromatic heterocycles. The maximum atomic E-state index is 11.1. The largest absolute Gasteiger partial charge is 0.493 e. The number of aliphatic imine (C=N–C) groups is 1. The van der Waals surface area contributed by atoms with Gasteiger partial charge in [0.15, 0.2) is 11.5 Å². The summed E-state index contributed by atoms with van der Waals surface area (Å²) >= 11 is 0. The number of ether oxygens (including phenoxy) is 3. The minimum absolute atomic E-state index is 0.105. The average Bonchev–Trinajstić information content (AvgIpc) is 2.86. The van der Waals surface area contributed by atoms with Gasteiger partial charge in [-0.1, -0.05) is 46.4 Å². The van der Waals surface area contributed by atoms with Crippen molar-refractivity contribution in [3.05, 3.63) is 47.4 Å². The van der Waals surface area contributed by atoms with Crippen molar-refractivity contribution in [1.29, 1.82) is 0 Å². The summed E-state index contributed by atoms with van der Waals surface area (Å²) in [5, 5.41) is 5.06. The first-order chi connectivity index (χ1) is 17.0. The van der Waals surface area contributed by atoms with Gasteiger partial charge in [0.1, 0.15) is 5.84 Å². The van der Waals surface area contributed by atoms with Crippen molar-refractivity contribution in [2.24, 2.45) is 4.99 Å². The topological polar surface area (TPSA) is 69.2 Å². The maximum Gasteiger partial charge on any atom is 0.163 e. The van der Waals surface area contributed by atoms with Gasteiger partial charge in [0, 0.05) is 25.5 Å². The first kappa shape index (κ1) is 41.0. The molecule has 1 aromatic rings. The summed E-state index contributed by atoms with van der Waals surface area (Å²) in [6.07, 6.45) is 3.55. The van der Waals surface area contributed by atoms with Crippen molar-refractivity contribution in [3.63, 3.8) is 0 Å². The van der Waals surface area contributed by atoms with Crippen LogP contribution in [0.2, 0.25) is 0 Å². The third-order valence-electron chi connectivity index (χ3n) is 3.94. The Bertz CT molecular complexity index is 754. The van der Waals surface area contributed by atoms with E-state index < -0.39 is 10.8 Å². The van der Waals surface area contributed by atoms with Crippen molar-refractivity contribution < 1.29 is 18.4 Å². The molecule has 7 heteroatoms. The molecule has 0 aliphatic carbocycles. The Labute approximate surface area is 226 Å². The van der Waals surface area contributed by atoms with Crippen LogP contribution in [0.5, 0.6) is 11.5 Å². The smallest absolute Gasteiger partial charge is 0.163 e. The summed E-state index contributed by atoms with van der Waals surface area (Å²) in [5.41, 5.74) is 2.16. The van der Waals surface area contributed by atoms with Crippen LogP contribution in [-0.4, -0.2) is 49.8 Å². The number of benzene rings is 1. The monoisotopic (exact) mass is 528 g/mol. The molecular weight excluding hydrogens is 472 g/mol. The molecule has 36 heavy (non-hydrogen) atoms. The summed E-state index contributed by atoms with van der Waals surface area (Å²) < 4.78 is 26.0. The normalized spacial score (nSPS) is 12.0. The first-order valence-corrected chi connectivity index (χ1v) is 13.8. The molecule has 1 aromatic carbocycles. The van der Waals surface area contributed by atoms with Crippen LogP contribution in [0.1, 0.15) is 86.4 Å². The zero-order valence-electron chi connectivity index (χ0n) is 25.9. The lowest BCUT2D eigenvalue weighted by Gasteiger charge is -2.19. The van der Waals surface area contributed by atoms with E-state index in [1.807, 2.05) is 81.4 Å². The SMILES string of the molecule is C/C=C/S(=O)C(C)(C)C.C=CC(=NCC)NC(C)c1cc(C)c(OC)c(OC)c1.CC.CC.COC. The highest BCUT2D eigenvalue weighted by molar-refractivity contribution is 7.89. The number of hydrogen-bond donors (Lipinski definition) is 1. The summed E-state index contributed by atoms with van der Waals surface area (Å²) in [5.74, 6) is 2.31. The van der Waals surface area contributed by atoms with Crippen molar-refractivity contribution in [3.8, 4) is 11.5 Å². The highest BCUT2D eigenvalue weighted by Gasteiger charge is 2.16. The van der Waals surface area contributed by atoms with Gasteiger partial charge in [0.05, 0.1) is 31.1 Å². The van der Waals surface area contributed by atoms with Crippen LogP contribution in [0, 0.1) is 6.92 Å². The number of nitrogens with zero attached hydrogens (tertiary/aromatic N) is 1. The van der Waals surface area contributed by atoms with Gasteiger partial charge in [-0.2, -0.15) is 0 Å². The molecule has 0 aliphatic heterocycles. The van der Waals surface area contributed by atoms with Gasteiger partial charge in [-0.25, -0.2) is 0 Å². The molecule has 0 amide bonds. The fourth-order valence-electron chi connectivity index (χ4n) is 2.40. The van der Waals surface area contributed by atoms with Gasteiger partial charge in [-0.15, -0.1) is 0 Å². The Morgan fingerprint density at radius 1 is 1.11 bits per heavy atom. The maximum absolute atomic E-state index is 11.1. The van der Waals surface area contributed by atoms with E-state index in [1.54, 1.807) is 39.9 Å². The van der Waals surface area contributed by atoms with Gasteiger partial charge in [0.2, 0.25) is 0 Å². The highest BCUT2D eigenvalue weighted by Crippen LogP contribution is 2.33. The van der Waals surface area contributed by atoms with Gasteiger partial charge >= 0.3 is 0 Å². The number of amidine groups is 1. The van der Waals surface area contributed by atoms with Crippen LogP contribution in [-0.2, 0) is 15.5 Å². The molecule has 0 heterocycles. The minimum atomic E-state index is -0.818. The van der Waals surface area contributed by atoms with Crippen LogP contribution in [0.15, 0.2) is 41.3 Å². The second-order valence-electron chi connectivity index (χ2n) is 7.79. The van der Waals surface area contributed by atoms with Crippen LogP contribution in [0.4, 0.5) is 0 Å². The van der Waals surface area contributed by atoms with E-state index in [9.17, 15) is 4.21 Å². The Kier molecular flexibility index (Phi) is 29.6. The molecule has 0 saturated heterocycles. The number of methoxy groups -OCH3 is 3. The zero-order chi connectivity index (χ0) is 29.3.